The summed E-state index contributed by atoms with van der Waals surface area (Å²) >= 11 is 0. The quantitative estimate of drug-likeness (QED) is 0.696. The number of ether oxygens (including phenoxy) is 2. The maximum Gasteiger partial charge on any atom is 0.339 e. The number of allylic oxidation sites excluding steroid dienone is 4. The zero-order chi connectivity index (χ0) is 23.4. The average molecular weight is 439 g/mol. The Morgan fingerprint density at radius 2 is 1.53 bits per heavy atom. The molecule has 0 radical (unpaired) electrons. The molecule has 170 valence electrons. The van der Waals surface area contributed by atoms with E-state index >= 15 is 0 Å². The lowest BCUT2D eigenvalue weighted by Gasteiger charge is -2.42. The summed E-state index contributed by atoms with van der Waals surface area (Å²) in [6.07, 6.45) is 1.91. The van der Waals surface area contributed by atoms with Crippen LogP contribution in [0.5, 0.6) is 5.75 Å². The van der Waals surface area contributed by atoms with Crippen LogP contribution in [0.25, 0.3) is 0 Å². The van der Waals surface area contributed by atoms with E-state index in [0.29, 0.717) is 60.5 Å². The van der Waals surface area contributed by atoms with Crippen LogP contribution < -0.4 is 4.74 Å². The Morgan fingerprint density at radius 1 is 1.00 bits per heavy atom. The van der Waals surface area contributed by atoms with Crippen LogP contribution in [0.1, 0.15) is 82.1 Å². The third-order valence-corrected chi connectivity index (χ3v) is 6.45. The fourth-order valence-corrected chi connectivity index (χ4v) is 5.18. The summed E-state index contributed by atoms with van der Waals surface area (Å²) in [5, 5.41) is 9.76. The molecular formula is C26H30O6. The number of benzene rings is 1. The van der Waals surface area contributed by atoms with Gasteiger partial charge in [-0.15, -0.1) is 0 Å². The first-order valence-corrected chi connectivity index (χ1v) is 11.1. The number of carboxylic acid groups (broad SMARTS) is 1. The van der Waals surface area contributed by atoms with Crippen LogP contribution in [-0.4, -0.2) is 29.2 Å². The van der Waals surface area contributed by atoms with Crippen molar-refractivity contribution in [2.24, 2.45) is 10.8 Å². The van der Waals surface area contributed by atoms with Crippen molar-refractivity contribution >= 4 is 17.5 Å². The van der Waals surface area contributed by atoms with Gasteiger partial charge in [0, 0.05) is 42.7 Å². The zero-order valence-electron chi connectivity index (χ0n) is 19.3. The second kappa shape index (κ2) is 7.61. The number of Topliss-reactive ketones (excluding diaryl/α,β-unsaturated/α-hetero) is 2. The predicted octanol–water partition coefficient (Wildman–Crippen LogP) is 5.18. The standard InChI is InChI=1S/C26H30O6/c1-6-31-18-8-7-14(9-15(18)24(29)30)21-22-16(27)10-25(2,3)12-19(22)32-20-13-26(4,5)11-17(28)23(20)21/h7-9,21H,6,10-13H2,1-5H3,(H,29,30). The molecule has 0 bridgehead atoms. The molecule has 1 heterocycles. The molecule has 0 spiro atoms. The normalized spacial score (nSPS) is 22.3. The molecular weight excluding hydrogens is 408 g/mol. The number of ketones is 2. The molecule has 0 atom stereocenters. The van der Waals surface area contributed by atoms with Crippen molar-refractivity contribution in [3.05, 3.63) is 52.0 Å². The highest BCUT2D eigenvalue weighted by atomic mass is 16.5. The van der Waals surface area contributed by atoms with Crippen LogP contribution in [0.4, 0.5) is 0 Å². The maximum absolute atomic E-state index is 13.3. The average Bonchev–Trinajstić information content (AvgIpc) is 2.64. The van der Waals surface area contributed by atoms with Gasteiger partial charge < -0.3 is 14.6 Å². The molecule has 0 saturated carbocycles. The van der Waals surface area contributed by atoms with Crippen molar-refractivity contribution in [1.29, 1.82) is 0 Å². The lowest BCUT2D eigenvalue weighted by molar-refractivity contribution is -0.120. The van der Waals surface area contributed by atoms with Gasteiger partial charge in [0.05, 0.1) is 6.61 Å². The van der Waals surface area contributed by atoms with Gasteiger partial charge in [0.2, 0.25) is 0 Å². The molecule has 1 aromatic rings. The smallest absolute Gasteiger partial charge is 0.339 e. The summed E-state index contributed by atoms with van der Waals surface area (Å²) in [6.45, 7) is 10.3. The molecule has 0 fully saturated rings. The summed E-state index contributed by atoms with van der Waals surface area (Å²) in [6, 6.07) is 4.92. The number of carbonyl (C=O) groups excluding carboxylic acids is 2. The second-order valence-corrected chi connectivity index (χ2v) is 10.6. The first-order valence-electron chi connectivity index (χ1n) is 11.1. The number of aromatic carboxylic acids is 1. The Bertz CT molecular complexity index is 1030. The molecule has 0 unspecified atom stereocenters. The van der Waals surface area contributed by atoms with Crippen molar-refractivity contribution in [1.82, 2.24) is 0 Å². The van der Waals surface area contributed by atoms with Crippen LogP contribution >= 0.6 is 0 Å². The van der Waals surface area contributed by atoms with Gasteiger partial charge in [0.15, 0.2) is 11.6 Å². The highest BCUT2D eigenvalue weighted by Crippen LogP contribution is 2.53. The number of hydrogen-bond acceptors (Lipinski definition) is 5. The van der Waals surface area contributed by atoms with E-state index in [0.717, 1.165) is 0 Å². The fraction of sp³-hybridized carbons (Fsp3) is 0.500. The molecule has 1 aliphatic heterocycles. The van der Waals surface area contributed by atoms with E-state index in [1.54, 1.807) is 25.1 Å². The van der Waals surface area contributed by atoms with Crippen molar-refractivity contribution in [2.75, 3.05) is 6.61 Å². The fourth-order valence-electron chi connectivity index (χ4n) is 5.18. The van der Waals surface area contributed by atoms with Gasteiger partial charge >= 0.3 is 5.97 Å². The van der Waals surface area contributed by atoms with E-state index in [1.165, 1.54) is 0 Å². The number of carbonyl (C=O) groups is 3. The van der Waals surface area contributed by atoms with Crippen LogP contribution in [0.3, 0.4) is 0 Å². The summed E-state index contributed by atoms with van der Waals surface area (Å²) < 4.78 is 11.8. The minimum absolute atomic E-state index is 0.0207. The van der Waals surface area contributed by atoms with Crippen LogP contribution in [0.2, 0.25) is 0 Å². The SMILES string of the molecule is CCOc1ccc(C2C3=C(CC(C)(C)CC3=O)OC3=C2C(=O)CC(C)(C)C3)cc1C(=O)O. The third kappa shape index (κ3) is 3.87. The number of rotatable bonds is 4. The molecule has 4 rings (SSSR count). The van der Waals surface area contributed by atoms with E-state index in [9.17, 15) is 19.5 Å². The molecule has 0 saturated heterocycles. The minimum atomic E-state index is -1.11. The largest absolute Gasteiger partial charge is 0.493 e. The van der Waals surface area contributed by atoms with Crippen LogP contribution in [-0.2, 0) is 14.3 Å². The van der Waals surface area contributed by atoms with Gasteiger partial charge in [0.1, 0.15) is 22.8 Å². The first-order chi connectivity index (χ1) is 14.9. The van der Waals surface area contributed by atoms with Crippen LogP contribution in [0, 0.1) is 10.8 Å². The third-order valence-electron chi connectivity index (χ3n) is 6.45. The lowest BCUT2D eigenvalue weighted by atomic mass is 9.65. The summed E-state index contributed by atoms with van der Waals surface area (Å²) in [5.74, 6) is -0.316. The van der Waals surface area contributed by atoms with E-state index in [-0.39, 0.29) is 33.7 Å². The minimum Gasteiger partial charge on any atom is -0.493 e. The zero-order valence-corrected chi connectivity index (χ0v) is 19.3. The van der Waals surface area contributed by atoms with E-state index in [4.69, 9.17) is 9.47 Å². The van der Waals surface area contributed by atoms with Gasteiger partial charge in [-0.2, -0.15) is 0 Å². The Morgan fingerprint density at radius 3 is 2.00 bits per heavy atom. The lowest BCUT2D eigenvalue weighted by Crippen LogP contribution is -2.37. The molecule has 0 amide bonds. The molecule has 1 N–H and O–H groups in total. The van der Waals surface area contributed by atoms with E-state index < -0.39 is 11.9 Å². The van der Waals surface area contributed by atoms with E-state index in [2.05, 4.69) is 0 Å². The Hall–Kier alpha value is -2.89. The molecule has 2 aliphatic carbocycles. The number of hydrogen-bond donors (Lipinski definition) is 1. The van der Waals surface area contributed by atoms with Gasteiger partial charge in [0.25, 0.3) is 0 Å². The van der Waals surface area contributed by atoms with Crippen molar-refractivity contribution < 1.29 is 29.0 Å². The van der Waals surface area contributed by atoms with Gasteiger partial charge in [-0.25, -0.2) is 4.79 Å². The van der Waals surface area contributed by atoms with Gasteiger partial charge in [-0.05, 0) is 35.4 Å². The Labute approximate surface area is 188 Å². The molecule has 6 heteroatoms. The highest BCUT2D eigenvalue weighted by molar-refractivity contribution is 6.06. The maximum atomic E-state index is 13.3. The summed E-state index contributed by atoms with van der Waals surface area (Å²) in [5.41, 5.74) is 1.14. The molecule has 32 heavy (non-hydrogen) atoms. The number of carboxylic acids is 1. The molecule has 3 aliphatic rings. The molecule has 0 aromatic heterocycles. The van der Waals surface area contributed by atoms with Gasteiger partial charge in [-0.1, -0.05) is 33.8 Å². The van der Waals surface area contributed by atoms with Crippen molar-refractivity contribution in [3.63, 3.8) is 0 Å². The second-order valence-electron chi connectivity index (χ2n) is 10.6. The topological polar surface area (TPSA) is 89.9 Å². The predicted molar refractivity (Wildman–Crippen MR) is 118 cm³/mol. The highest BCUT2D eigenvalue weighted by Gasteiger charge is 2.47. The molecule has 1 aromatic carbocycles. The summed E-state index contributed by atoms with van der Waals surface area (Å²) in [7, 11) is 0. The van der Waals surface area contributed by atoms with E-state index in [1.807, 2.05) is 27.7 Å². The monoisotopic (exact) mass is 438 g/mol. The molecule has 6 nitrogen and oxygen atoms in total. The van der Waals surface area contributed by atoms with Gasteiger partial charge in [-0.3, -0.25) is 9.59 Å². The Kier molecular flexibility index (Phi) is 5.30. The first kappa shape index (κ1) is 22.3. The Balaban J connectivity index is 1.92. The van der Waals surface area contributed by atoms with Crippen LogP contribution in [0.15, 0.2) is 40.9 Å². The van der Waals surface area contributed by atoms with Crippen molar-refractivity contribution in [3.8, 4) is 5.75 Å². The summed E-state index contributed by atoms with van der Waals surface area (Å²) in [4.78, 5) is 38.6. The van der Waals surface area contributed by atoms with Crippen molar-refractivity contribution in [2.45, 2.75) is 66.2 Å².